The lowest BCUT2D eigenvalue weighted by molar-refractivity contribution is -0.117. The van der Waals surface area contributed by atoms with Crippen molar-refractivity contribution in [2.24, 2.45) is 0 Å². The van der Waals surface area contributed by atoms with E-state index in [1.54, 1.807) is 28.8 Å². The van der Waals surface area contributed by atoms with Gasteiger partial charge in [-0.25, -0.2) is 9.99 Å². The molecule has 1 aliphatic heterocycles. The maximum Gasteiger partial charge on any atom is 0.282 e. The van der Waals surface area contributed by atoms with Gasteiger partial charge in [0.1, 0.15) is 5.57 Å². The van der Waals surface area contributed by atoms with Crippen LogP contribution in [0.4, 0.5) is 5.69 Å². The number of para-hydroxylation sites is 2. The number of hydrogen-bond donors (Lipinski definition) is 1. The Balaban J connectivity index is 1.32. The van der Waals surface area contributed by atoms with Gasteiger partial charge in [0.05, 0.1) is 23.8 Å². The van der Waals surface area contributed by atoms with Crippen molar-refractivity contribution in [3.8, 4) is 17.4 Å². The molecule has 2 aromatic heterocycles. The fraction of sp³-hybridized carbons (Fsp3) is 0.111. The van der Waals surface area contributed by atoms with E-state index in [0.717, 1.165) is 16.6 Å². The Bertz CT molecular complexity index is 1790. The maximum atomic E-state index is 13.1. The van der Waals surface area contributed by atoms with Gasteiger partial charge in [0, 0.05) is 0 Å². The van der Waals surface area contributed by atoms with Gasteiger partial charge in [-0.2, -0.15) is 4.52 Å². The number of amides is 2. The average molecular weight is 508 g/mol. The summed E-state index contributed by atoms with van der Waals surface area (Å²) in [6.45, 7) is 3.93. The molecule has 0 radical (unpaired) electrons. The van der Waals surface area contributed by atoms with Crippen molar-refractivity contribution < 1.29 is 19.1 Å². The molecule has 38 heavy (non-hydrogen) atoms. The predicted molar refractivity (Wildman–Crippen MR) is 139 cm³/mol. The largest absolute Gasteiger partial charge is 0.493 e. The number of hydrazine groups is 1. The summed E-state index contributed by atoms with van der Waals surface area (Å²) in [4.78, 5) is 30.3. The number of carbonyl (C=O) groups excluding carboxylic acids is 2. The summed E-state index contributed by atoms with van der Waals surface area (Å²) >= 11 is 0. The Morgan fingerprint density at radius 1 is 0.947 bits per heavy atom. The zero-order valence-corrected chi connectivity index (χ0v) is 20.7. The Hall–Kier alpha value is -5.32. The smallest absolute Gasteiger partial charge is 0.282 e. The van der Waals surface area contributed by atoms with E-state index < -0.39 is 11.8 Å². The number of aromatic nitrogens is 5. The van der Waals surface area contributed by atoms with Gasteiger partial charge in [-0.1, -0.05) is 24.3 Å². The van der Waals surface area contributed by atoms with E-state index in [2.05, 4.69) is 25.9 Å². The van der Waals surface area contributed by atoms with Gasteiger partial charge >= 0.3 is 0 Å². The van der Waals surface area contributed by atoms with E-state index in [1.165, 1.54) is 18.2 Å². The van der Waals surface area contributed by atoms with Crippen LogP contribution >= 0.6 is 0 Å². The van der Waals surface area contributed by atoms with Crippen molar-refractivity contribution in [3.05, 3.63) is 82.9 Å². The fourth-order valence-corrected chi connectivity index (χ4v) is 4.18. The van der Waals surface area contributed by atoms with Crippen LogP contribution in [-0.4, -0.2) is 43.9 Å². The Morgan fingerprint density at radius 2 is 1.79 bits per heavy atom. The number of aryl methyl sites for hydroxylation is 2. The van der Waals surface area contributed by atoms with Crippen molar-refractivity contribution in [1.29, 1.82) is 0 Å². The molecule has 1 aliphatic rings. The number of ether oxygens (including phenoxy) is 2. The van der Waals surface area contributed by atoms with Crippen molar-refractivity contribution in [3.63, 3.8) is 0 Å². The summed E-state index contributed by atoms with van der Waals surface area (Å²) in [5.74, 6) is -0.000212. The minimum atomic E-state index is -0.491. The Kier molecular flexibility index (Phi) is 5.45. The highest BCUT2D eigenvalue weighted by Gasteiger charge is 2.34. The van der Waals surface area contributed by atoms with Crippen LogP contribution in [0.15, 0.2) is 66.2 Å². The van der Waals surface area contributed by atoms with E-state index in [1.807, 2.05) is 50.2 Å². The van der Waals surface area contributed by atoms with Gasteiger partial charge < -0.3 is 9.47 Å². The zero-order chi connectivity index (χ0) is 26.4. The van der Waals surface area contributed by atoms with Gasteiger partial charge in [-0.05, 0) is 83.4 Å². The number of benzene rings is 3. The van der Waals surface area contributed by atoms with Gasteiger partial charge in [0.2, 0.25) is 5.65 Å². The molecule has 5 aromatic rings. The zero-order valence-electron chi connectivity index (χ0n) is 20.7. The second kappa shape index (κ2) is 8.96. The molecular weight excluding hydrogens is 486 g/mol. The molecule has 1 N–H and O–H groups in total. The van der Waals surface area contributed by atoms with Crippen LogP contribution in [0, 0.1) is 13.8 Å². The lowest BCUT2D eigenvalue weighted by Gasteiger charge is -2.16. The number of rotatable bonds is 5. The molecule has 0 aliphatic carbocycles. The number of anilines is 1. The number of methoxy groups -OCH3 is 1. The van der Waals surface area contributed by atoms with Crippen LogP contribution in [0.3, 0.4) is 0 Å². The van der Waals surface area contributed by atoms with Crippen LogP contribution in [0.2, 0.25) is 0 Å². The SMILES string of the molecule is COc1cc(/C=C2/C(=O)NN(c3ccc(C)c(C)c3)C2=O)ccc1Oc1nc2ccccc2n2nnnc12. The average Bonchev–Trinajstić information content (AvgIpc) is 3.52. The number of nitrogens with zero attached hydrogens (tertiary/aromatic N) is 6. The van der Waals surface area contributed by atoms with E-state index in [9.17, 15) is 9.59 Å². The van der Waals surface area contributed by atoms with Crippen molar-refractivity contribution >= 4 is 40.3 Å². The summed E-state index contributed by atoms with van der Waals surface area (Å²) in [7, 11) is 1.50. The maximum absolute atomic E-state index is 13.1. The van der Waals surface area contributed by atoms with Crippen LogP contribution in [0.1, 0.15) is 16.7 Å². The highest BCUT2D eigenvalue weighted by Crippen LogP contribution is 2.34. The molecule has 11 heteroatoms. The number of nitrogens with one attached hydrogen (secondary N) is 1. The molecular formula is C27H21N7O4. The van der Waals surface area contributed by atoms with Gasteiger partial charge in [0.15, 0.2) is 11.5 Å². The number of hydrogen-bond acceptors (Lipinski definition) is 8. The highest BCUT2D eigenvalue weighted by atomic mass is 16.5. The van der Waals surface area contributed by atoms with Gasteiger partial charge in [-0.15, -0.1) is 5.10 Å². The molecule has 3 aromatic carbocycles. The summed E-state index contributed by atoms with van der Waals surface area (Å²) in [5, 5.41) is 13.1. The Morgan fingerprint density at radius 3 is 2.61 bits per heavy atom. The first-order valence-corrected chi connectivity index (χ1v) is 11.7. The van der Waals surface area contributed by atoms with Crippen molar-refractivity contribution in [1.82, 2.24) is 30.5 Å². The third kappa shape index (κ3) is 3.86. The highest BCUT2D eigenvalue weighted by molar-refractivity contribution is 6.31. The molecule has 2 amide bonds. The molecule has 1 fully saturated rings. The molecule has 6 rings (SSSR count). The second-order valence-electron chi connectivity index (χ2n) is 8.74. The minimum absolute atomic E-state index is 0.00591. The van der Waals surface area contributed by atoms with E-state index in [-0.39, 0.29) is 11.5 Å². The topological polar surface area (TPSA) is 124 Å². The lowest BCUT2D eigenvalue weighted by Crippen LogP contribution is -2.35. The summed E-state index contributed by atoms with van der Waals surface area (Å²) < 4.78 is 13.2. The lowest BCUT2D eigenvalue weighted by atomic mass is 10.1. The quantitative estimate of drug-likeness (QED) is 0.283. The minimum Gasteiger partial charge on any atom is -0.493 e. The standard InChI is InChI=1S/C27H21N7O4/c1-15-8-10-18(12-16(15)2)33-27(36)19(25(35)30-33)13-17-9-11-22(23(14-17)37-3)38-26-24-29-31-32-34(24)21-7-5-4-6-20(21)28-26/h4-14H,1-3H3,(H,30,35)/b19-13-. The monoisotopic (exact) mass is 507 g/mol. The van der Waals surface area contributed by atoms with Crippen molar-refractivity contribution in [2.75, 3.05) is 12.1 Å². The normalized spacial score (nSPS) is 14.5. The molecule has 0 bridgehead atoms. The van der Waals surface area contributed by atoms with Gasteiger partial charge in [-0.3, -0.25) is 15.0 Å². The first-order chi connectivity index (χ1) is 18.4. The number of tetrazole rings is 1. The van der Waals surface area contributed by atoms with Crippen LogP contribution in [-0.2, 0) is 9.59 Å². The first-order valence-electron chi connectivity index (χ1n) is 11.7. The van der Waals surface area contributed by atoms with E-state index >= 15 is 0 Å². The molecule has 0 saturated carbocycles. The number of carbonyl (C=O) groups is 2. The van der Waals surface area contributed by atoms with Crippen molar-refractivity contribution in [2.45, 2.75) is 13.8 Å². The van der Waals surface area contributed by atoms with E-state index in [4.69, 9.17) is 9.47 Å². The molecule has 0 atom stereocenters. The molecule has 1 saturated heterocycles. The van der Waals surface area contributed by atoms with Crippen LogP contribution < -0.4 is 19.9 Å². The van der Waals surface area contributed by atoms with E-state index in [0.29, 0.717) is 33.9 Å². The summed E-state index contributed by atoms with van der Waals surface area (Å²) in [6.07, 6.45) is 1.51. The summed E-state index contributed by atoms with van der Waals surface area (Å²) in [5.41, 5.74) is 7.65. The third-order valence-corrected chi connectivity index (χ3v) is 6.34. The number of fused-ring (bicyclic) bond motifs is 3. The third-order valence-electron chi connectivity index (χ3n) is 6.34. The first kappa shape index (κ1) is 23.1. The predicted octanol–water partition coefficient (Wildman–Crippen LogP) is 3.55. The molecule has 0 spiro atoms. The molecule has 11 nitrogen and oxygen atoms in total. The molecule has 3 heterocycles. The Labute approximate surface area is 216 Å². The summed E-state index contributed by atoms with van der Waals surface area (Å²) in [6, 6.07) is 18.0. The molecule has 188 valence electrons. The molecule has 0 unspecified atom stereocenters. The van der Waals surface area contributed by atoms with Gasteiger partial charge in [0.25, 0.3) is 17.7 Å². The second-order valence-corrected chi connectivity index (χ2v) is 8.74. The van der Waals surface area contributed by atoms with Crippen LogP contribution in [0.5, 0.6) is 17.4 Å². The van der Waals surface area contributed by atoms with Crippen LogP contribution in [0.25, 0.3) is 22.8 Å². The fourth-order valence-electron chi connectivity index (χ4n) is 4.18.